The van der Waals surface area contributed by atoms with Gasteiger partial charge in [-0.3, -0.25) is 0 Å². The SMILES string of the molecule is O.O.O.O.O.[BiH3].[H-].[H-].[Sr+2].[Ta].[Ta]. The van der Waals surface area contributed by atoms with Crippen LogP contribution in [0.1, 0.15) is 2.85 Å². The molecule has 5 nitrogen and oxygen atoms in total. The molecule has 62 valence electrons. The molecule has 0 saturated heterocycles. The number of hydrogen-bond donors (Lipinski definition) is 0. The van der Waals surface area contributed by atoms with Crippen molar-refractivity contribution in [2.24, 2.45) is 0 Å². The molecule has 0 atom stereocenters. The van der Waals surface area contributed by atoms with Crippen molar-refractivity contribution in [1.82, 2.24) is 0 Å². The molecule has 9 heteroatoms. The van der Waals surface area contributed by atoms with E-state index in [0.29, 0.717) is 0 Å². The molecule has 0 fully saturated rings. The molecule has 9 heavy (non-hydrogen) atoms. The second-order valence-electron chi connectivity index (χ2n) is 0. The first kappa shape index (κ1) is 129. The predicted octanol–water partition coefficient (Wildman–Crippen LogP) is -5.47. The van der Waals surface area contributed by atoms with Gasteiger partial charge in [0.2, 0.25) is 0 Å². The van der Waals surface area contributed by atoms with E-state index in [1.807, 2.05) is 0 Å². The Hall–Kier alpha value is 3.64. The van der Waals surface area contributed by atoms with Crippen molar-refractivity contribution in [2.75, 3.05) is 0 Å². The molecule has 0 bridgehead atoms. The van der Waals surface area contributed by atoms with Crippen molar-refractivity contribution in [3.63, 3.8) is 0 Å². The summed E-state index contributed by atoms with van der Waals surface area (Å²) in [4.78, 5) is 0. The molecule has 0 saturated carbocycles. The Balaban J connectivity index is 0. The largest absolute Gasteiger partial charge is 2.00 e. The Morgan fingerprint density at radius 1 is 0.556 bits per heavy atom. The molecule has 2 radical (unpaired) electrons. The maximum Gasteiger partial charge on any atom is 2.00 e. The van der Waals surface area contributed by atoms with E-state index in [9.17, 15) is 0 Å². The standard InChI is InChI=1S/Bi.5H2O.Sr.2Ta.5H/h;5*1H2;;;;;;;;/q;;;;;;+2;;;;;;2*-1. The topological polar surface area (TPSA) is 158 Å². The molecular weight excluding hydrogens is 738 g/mol. The zero-order chi connectivity index (χ0) is 0. The van der Waals surface area contributed by atoms with Crippen LogP contribution >= 0.6 is 0 Å². The van der Waals surface area contributed by atoms with Gasteiger partial charge in [0, 0.05) is 44.8 Å². The van der Waals surface area contributed by atoms with Crippen LogP contribution in [-0.2, 0) is 44.8 Å². The average molecular weight is 754 g/mol. The van der Waals surface area contributed by atoms with Crippen LogP contribution in [0, 0.1) is 0 Å². The van der Waals surface area contributed by atoms with E-state index < -0.39 is 0 Å². The zero-order valence-electron chi connectivity index (χ0n) is 6.81. The molecule has 10 N–H and O–H groups in total. The Labute approximate surface area is 144 Å². The van der Waals surface area contributed by atoms with Crippen molar-refractivity contribution < 1.29 is 75.0 Å². The van der Waals surface area contributed by atoms with Crippen molar-refractivity contribution in [2.45, 2.75) is 0 Å². The van der Waals surface area contributed by atoms with Gasteiger partial charge < -0.3 is 30.2 Å². The third-order valence-electron chi connectivity index (χ3n) is 0. The van der Waals surface area contributed by atoms with Crippen LogP contribution in [0.3, 0.4) is 0 Å². The zero-order valence-corrected chi connectivity index (χ0v) is 20.2. The maximum atomic E-state index is 0. The fourth-order valence-corrected chi connectivity index (χ4v) is 0. The van der Waals surface area contributed by atoms with Crippen molar-refractivity contribution in [3.05, 3.63) is 0 Å². The van der Waals surface area contributed by atoms with Gasteiger partial charge in [-0.25, -0.2) is 0 Å². The van der Waals surface area contributed by atoms with Gasteiger partial charge in [0.1, 0.15) is 0 Å². The second kappa shape index (κ2) is 99.3. The molecule has 0 aromatic carbocycles. The minimum atomic E-state index is 0. The van der Waals surface area contributed by atoms with Gasteiger partial charge in [-0.1, -0.05) is 0 Å². The van der Waals surface area contributed by atoms with Crippen LogP contribution in [0.15, 0.2) is 0 Å². The third kappa shape index (κ3) is 81.6. The van der Waals surface area contributed by atoms with Crippen molar-refractivity contribution >= 4 is 71.7 Å². The number of hydrogen-bond acceptors (Lipinski definition) is 0. The Morgan fingerprint density at radius 2 is 0.556 bits per heavy atom. The van der Waals surface area contributed by atoms with Gasteiger partial charge in [0.05, 0.1) is 0 Å². The summed E-state index contributed by atoms with van der Waals surface area (Å²) >= 11 is 0. The summed E-state index contributed by atoms with van der Waals surface area (Å²) < 4.78 is 0. The quantitative estimate of drug-likeness (QED) is 0.217. The Bertz CT molecular complexity index is 22.4. The summed E-state index contributed by atoms with van der Waals surface area (Å²) in [7, 11) is 0. The first-order valence-electron chi connectivity index (χ1n) is 0. The minimum Gasteiger partial charge on any atom is -1.00 e. The molecule has 0 heterocycles. The monoisotopic (exact) mass is 754 g/mol. The van der Waals surface area contributed by atoms with Crippen LogP contribution in [0.25, 0.3) is 0 Å². The van der Waals surface area contributed by atoms with Crippen LogP contribution in [0.5, 0.6) is 0 Å². The molecule has 0 rings (SSSR count). The van der Waals surface area contributed by atoms with Gasteiger partial charge in [-0.05, 0) is 0 Å². The molecule has 0 aliphatic carbocycles. The van der Waals surface area contributed by atoms with Crippen LogP contribution < -0.4 is 0 Å². The second-order valence-corrected chi connectivity index (χ2v) is 0. The Kier molecular flexibility index (Phi) is 1420. The van der Waals surface area contributed by atoms with E-state index >= 15 is 0 Å². The van der Waals surface area contributed by atoms with Gasteiger partial charge in [-0.15, -0.1) is 0 Å². The van der Waals surface area contributed by atoms with Gasteiger partial charge in [0.15, 0.2) is 0 Å². The molecule has 0 aromatic heterocycles. The minimum absolute atomic E-state index is 0. The summed E-state index contributed by atoms with van der Waals surface area (Å²) in [5.41, 5.74) is 0. The molecule has 0 aliphatic rings. The van der Waals surface area contributed by atoms with E-state index in [4.69, 9.17) is 0 Å². The van der Waals surface area contributed by atoms with E-state index in [0.717, 1.165) is 0 Å². The molecular formula is H15BiO5SrTa2. The van der Waals surface area contributed by atoms with Gasteiger partial charge in [0.25, 0.3) is 0 Å². The first-order chi connectivity index (χ1) is 0. The smallest absolute Gasteiger partial charge is 1.00 e. The average Bonchev–Trinajstić information content (AvgIpc) is 0. The van der Waals surface area contributed by atoms with Gasteiger partial charge in [-0.2, -0.15) is 0 Å². The Morgan fingerprint density at radius 3 is 0.556 bits per heavy atom. The van der Waals surface area contributed by atoms with Crippen molar-refractivity contribution in [3.8, 4) is 0 Å². The molecule has 0 unspecified atom stereocenters. The van der Waals surface area contributed by atoms with E-state index in [1.165, 1.54) is 0 Å². The summed E-state index contributed by atoms with van der Waals surface area (Å²) in [6.07, 6.45) is 0. The van der Waals surface area contributed by atoms with E-state index in [1.54, 1.807) is 0 Å². The van der Waals surface area contributed by atoms with Crippen LogP contribution in [0.4, 0.5) is 0 Å². The third-order valence-corrected chi connectivity index (χ3v) is 0. The van der Waals surface area contributed by atoms with E-state index in [-0.39, 0.29) is 147 Å². The molecule has 0 spiro atoms. The molecule has 0 aromatic rings. The summed E-state index contributed by atoms with van der Waals surface area (Å²) in [5.74, 6) is 0. The summed E-state index contributed by atoms with van der Waals surface area (Å²) in [6, 6.07) is 0. The van der Waals surface area contributed by atoms with Gasteiger partial charge >= 0.3 is 71.7 Å². The van der Waals surface area contributed by atoms with E-state index in [2.05, 4.69) is 0 Å². The normalized spacial score (nSPS) is 0. The fraction of sp³-hybridized carbons (Fsp3) is 0. The number of rotatable bonds is 0. The summed E-state index contributed by atoms with van der Waals surface area (Å²) in [5, 5.41) is 0. The maximum absolute atomic E-state index is 0. The molecule has 0 amide bonds. The first-order valence-corrected chi connectivity index (χ1v) is 0. The summed E-state index contributed by atoms with van der Waals surface area (Å²) in [6.45, 7) is 0. The predicted molar refractivity (Wildman–Crippen MR) is 36.0 cm³/mol. The fourth-order valence-electron chi connectivity index (χ4n) is 0. The van der Waals surface area contributed by atoms with Crippen LogP contribution in [0.2, 0.25) is 0 Å². The molecule has 0 aliphatic heterocycles. The van der Waals surface area contributed by atoms with Crippen LogP contribution in [-0.4, -0.2) is 99.1 Å². The van der Waals surface area contributed by atoms with Crippen molar-refractivity contribution in [1.29, 1.82) is 0 Å².